The maximum absolute atomic E-state index is 12.3. The highest BCUT2D eigenvalue weighted by atomic mass is 32.1. The molecule has 1 amide bonds. The molecule has 25 heavy (non-hydrogen) atoms. The van der Waals surface area contributed by atoms with Crippen molar-refractivity contribution in [3.8, 4) is 16.3 Å². The molecule has 2 aromatic carbocycles. The van der Waals surface area contributed by atoms with E-state index in [-0.39, 0.29) is 18.4 Å². The molecule has 0 spiro atoms. The van der Waals surface area contributed by atoms with Gasteiger partial charge in [-0.1, -0.05) is 30.3 Å². The van der Waals surface area contributed by atoms with Gasteiger partial charge < -0.3 is 10.1 Å². The van der Waals surface area contributed by atoms with Crippen molar-refractivity contribution >= 4 is 17.2 Å². The first-order valence-electron chi connectivity index (χ1n) is 8.09. The topological polar surface area (TPSA) is 51.2 Å². The van der Waals surface area contributed by atoms with Gasteiger partial charge in [0.2, 0.25) is 5.91 Å². The van der Waals surface area contributed by atoms with Crippen molar-refractivity contribution in [1.29, 1.82) is 0 Å². The summed E-state index contributed by atoms with van der Waals surface area (Å²) >= 11 is 1.54. The Hall–Kier alpha value is -2.66. The Morgan fingerprint density at radius 2 is 1.88 bits per heavy atom. The van der Waals surface area contributed by atoms with Crippen molar-refractivity contribution in [1.82, 2.24) is 10.3 Å². The van der Waals surface area contributed by atoms with Crippen LogP contribution in [-0.4, -0.2) is 18.0 Å². The van der Waals surface area contributed by atoms with Gasteiger partial charge in [-0.15, -0.1) is 11.3 Å². The third-order valence-corrected chi connectivity index (χ3v) is 4.85. The predicted molar refractivity (Wildman–Crippen MR) is 101 cm³/mol. The van der Waals surface area contributed by atoms with Gasteiger partial charge in [0, 0.05) is 10.9 Å². The van der Waals surface area contributed by atoms with Crippen LogP contribution in [0.1, 0.15) is 24.2 Å². The highest BCUT2D eigenvalue weighted by Gasteiger charge is 2.12. The maximum Gasteiger partial charge on any atom is 0.226 e. The number of thiazole rings is 1. The van der Waals surface area contributed by atoms with Crippen LogP contribution < -0.4 is 10.1 Å². The molecule has 1 aromatic heterocycles. The number of ether oxygens (including phenoxy) is 1. The summed E-state index contributed by atoms with van der Waals surface area (Å²) in [6, 6.07) is 17.7. The van der Waals surface area contributed by atoms with Crippen LogP contribution in [0.25, 0.3) is 10.6 Å². The Kier molecular flexibility index (Phi) is 5.46. The number of benzene rings is 2. The van der Waals surface area contributed by atoms with Gasteiger partial charge in [0.1, 0.15) is 10.8 Å². The average Bonchev–Trinajstić information content (AvgIpc) is 3.10. The van der Waals surface area contributed by atoms with Crippen molar-refractivity contribution in [3.05, 3.63) is 71.2 Å². The number of nitrogens with zero attached hydrogens (tertiary/aromatic N) is 1. The van der Waals surface area contributed by atoms with E-state index in [9.17, 15) is 4.79 Å². The normalized spacial score (nSPS) is 11.8. The molecule has 0 fully saturated rings. The summed E-state index contributed by atoms with van der Waals surface area (Å²) < 4.78 is 5.17. The van der Waals surface area contributed by atoms with E-state index in [1.807, 2.05) is 66.9 Å². The van der Waals surface area contributed by atoms with Crippen molar-refractivity contribution in [2.45, 2.75) is 19.4 Å². The van der Waals surface area contributed by atoms with Crippen molar-refractivity contribution in [3.63, 3.8) is 0 Å². The summed E-state index contributed by atoms with van der Waals surface area (Å²) in [7, 11) is 1.64. The van der Waals surface area contributed by atoms with E-state index in [1.54, 1.807) is 18.4 Å². The molecule has 0 radical (unpaired) electrons. The SMILES string of the molecule is COc1ccc(-c2nc(CC(=O)NC(C)c3ccccc3)cs2)cc1. The van der Waals surface area contributed by atoms with E-state index in [1.165, 1.54) is 0 Å². The Morgan fingerprint density at radius 1 is 1.16 bits per heavy atom. The van der Waals surface area contributed by atoms with E-state index in [0.29, 0.717) is 0 Å². The molecule has 0 aliphatic heterocycles. The van der Waals surface area contributed by atoms with Crippen LogP contribution in [0.3, 0.4) is 0 Å². The monoisotopic (exact) mass is 352 g/mol. The minimum absolute atomic E-state index is 0.0200. The fourth-order valence-electron chi connectivity index (χ4n) is 2.54. The third kappa shape index (κ3) is 4.45. The summed E-state index contributed by atoms with van der Waals surface area (Å²) in [5.41, 5.74) is 2.90. The lowest BCUT2D eigenvalue weighted by Gasteiger charge is -2.13. The first-order chi connectivity index (χ1) is 12.2. The molecule has 3 rings (SSSR count). The van der Waals surface area contributed by atoms with E-state index >= 15 is 0 Å². The van der Waals surface area contributed by atoms with Crippen LogP contribution in [0.2, 0.25) is 0 Å². The summed E-state index contributed by atoms with van der Waals surface area (Å²) in [6.45, 7) is 1.98. The van der Waals surface area contributed by atoms with Gasteiger partial charge in [0.15, 0.2) is 0 Å². The van der Waals surface area contributed by atoms with Crippen molar-refractivity contribution < 1.29 is 9.53 Å². The number of aromatic nitrogens is 1. The lowest BCUT2D eigenvalue weighted by Crippen LogP contribution is -2.28. The van der Waals surface area contributed by atoms with Gasteiger partial charge in [-0.3, -0.25) is 4.79 Å². The second kappa shape index (κ2) is 7.94. The van der Waals surface area contributed by atoms with Crippen LogP contribution in [0.5, 0.6) is 5.75 Å². The van der Waals surface area contributed by atoms with Crippen LogP contribution in [0, 0.1) is 0 Å². The van der Waals surface area contributed by atoms with E-state index in [4.69, 9.17) is 4.74 Å². The van der Waals surface area contributed by atoms with Gasteiger partial charge in [-0.05, 0) is 36.8 Å². The Bertz CT molecular complexity index is 828. The molecule has 0 aliphatic carbocycles. The summed E-state index contributed by atoms with van der Waals surface area (Å²) in [6.07, 6.45) is 0.282. The van der Waals surface area contributed by atoms with Crippen molar-refractivity contribution in [2.75, 3.05) is 7.11 Å². The number of carbonyl (C=O) groups is 1. The maximum atomic E-state index is 12.3. The second-order valence-corrected chi connectivity index (χ2v) is 6.61. The molecule has 0 bridgehead atoms. The molecule has 0 saturated heterocycles. The van der Waals surface area contributed by atoms with Gasteiger partial charge >= 0.3 is 0 Å². The summed E-state index contributed by atoms with van der Waals surface area (Å²) in [4.78, 5) is 16.8. The van der Waals surface area contributed by atoms with Crippen LogP contribution >= 0.6 is 11.3 Å². The Balaban J connectivity index is 1.61. The van der Waals surface area contributed by atoms with Crippen LogP contribution in [-0.2, 0) is 11.2 Å². The molecule has 5 heteroatoms. The molecule has 1 unspecified atom stereocenters. The molecule has 3 aromatic rings. The molecule has 128 valence electrons. The predicted octanol–water partition coefficient (Wildman–Crippen LogP) is 4.24. The minimum atomic E-state index is -0.0251. The standard InChI is InChI=1S/C20H20N2O2S/c1-14(15-6-4-3-5-7-15)21-19(23)12-17-13-25-20(22-17)16-8-10-18(24-2)11-9-16/h3-11,13-14H,12H2,1-2H3,(H,21,23). The van der Waals surface area contributed by atoms with E-state index < -0.39 is 0 Å². The quantitative estimate of drug-likeness (QED) is 0.722. The van der Waals surface area contributed by atoms with Gasteiger partial charge in [-0.25, -0.2) is 4.98 Å². The second-order valence-electron chi connectivity index (χ2n) is 5.75. The number of rotatable bonds is 6. The van der Waals surface area contributed by atoms with Crippen LogP contribution in [0.4, 0.5) is 0 Å². The molecule has 1 N–H and O–H groups in total. The number of nitrogens with one attached hydrogen (secondary N) is 1. The zero-order valence-corrected chi connectivity index (χ0v) is 15.0. The molecular weight excluding hydrogens is 332 g/mol. The lowest BCUT2D eigenvalue weighted by atomic mass is 10.1. The highest BCUT2D eigenvalue weighted by Crippen LogP contribution is 2.26. The fourth-order valence-corrected chi connectivity index (χ4v) is 3.36. The fraction of sp³-hybridized carbons (Fsp3) is 0.200. The zero-order chi connectivity index (χ0) is 17.6. The molecule has 0 saturated carbocycles. The summed E-state index contributed by atoms with van der Waals surface area (Å²) in [5, 5.41) is 5.86. The highest BCUT2D eigenvalue weighted by molar-refractivity contribution is 7.13. The van der Waals surface area contributed by atoms with E-state index in [0.717, 1.165) is 27.6 Å². The largest absolute Gasteiger partial charge is 0.497 e. The number of hydrogen-bond donors (Lipinski definition) is 1. The summed E-state index contributed by atoms with van der Waals surface area (Å²) in [5.74, 6) is 0.790. The van der Waals surface area contributed by atoms with Crippen molar-refractivity contribution in [2.24, 2.45) is 0 Å². The van der Waals surface area contributed by atoms with Gasteiger partial charge in [-0.2, -0.15) is 0 Å². The van der Waals surface area contributed by atoms with Gasteiger partial charge in [0.25, 0.3) is 0 Å². The smallest absolute Gasteiger partial charge is 0.226 e. The number of hydrogen-bond acceptors (Lipinski definition) is 4. The molecule has 4 nitrogen and oxygen atoms in total. The average molecular weight is 352 g/mol. The van der Waals surface area contributed by atoms with Crippen LogP contribution in [0.15, 0.2) is 60.0 Å². The number of amides is 1. The third-order valence-electron chi connectivity index (χ3n) is 3.91. The molecular formula is C20H20N2O2S. The molecule has 1 heterocycles. The lowest BCUT2D eigenvalue weighted by molar-refractivity contribution is -0.121. The Labute approximate surface area is 151 Å². The minimum Gasteiger partial charge on any atom is -0.497 e. The number of methoxy groups -OCH3 is 1. The Morgan fingerprint density at radius 3 is 2.56 bits per heavy atom. The number of carbonyl (C=O) groups excluding carboxylic acids is 1. The first kappa shape index (κ1) is 17.2. The zero-order valence-electron chi connectivity index (χ0n) is 14.2. The van der Waals surface area contributed by atoms with E-state index in [2.05, 4.69) is 10.3 Å². The molecule has 1 atom stereocenters. The van der Waals surface area contributed by atoms with Gasteiger partial charge in [0.05, 0.1) is 25.3 Å². The first-order valence-corrected chi connectivity index (χ1v) is 8.97. The molecule has 0 aliphatic rings.